The summed E-state index contributed by atoms with van der Waals surface area (Å²) in [5, 5.41) is 5.76. The highest BCUT2D eigenvalue weighted by Gasteiger charge is 2.51. The Kier molecular flexibility index (Phi) is 3.58. The molecule has 0 spiro atoms. The number of nitrogens with one attached hydrogen (secondary N) is 2. The van der Waals surface area contributed by atoms with Crippen molar-refractivity contribution in [3.8, 4) is 0 Å². The highest BCUT2D eigenvalue weighted by Crippen LogP contribution is 2.55. The molecule has 122 valence electrons. The molecule has 4 bridgehead atoms. The smallest absolute Gasteiger partial charge is 0.309 e. The summed E-state index contributed by atoms with van der Waals surface area (Å²) in [6.45, 7) is 0.286. The van der Waals surface area contributed by atoms with E-state index in [-0.39, 0.29) is 12.1 Å². The van der Waals surface area contributed by atoms with Gasteiger partial charge in [0.1, 0.15) is 0 Å². The number of amides is 2. The minimum Gasteiger partial charge on any atom is -0.342 e. The van der Waals surface area contributed by atoms with Crippen molar-refractivity contribution in [2.75, 3.05) is 0 Å². The Bertz CT molecular complexity index is 579. The lowest BCUT2D eigenvalue weighted by atomic mass is 9.53. The van der Waals surface area contributed by atoms with Crippen LogP contribution in [0.3, 0.4) is 0 Å². The molecule has 1 aromatic rings. The summed E-state index contributed by atoms with van der Waals surface area (Å²) in [6.07, 6.45) is 8.80. The predicted octanol–water partition coefficient (Wildman–Crippen LogP) is 1.78. The van der Waals surface area contributed by atoms with Gasteiger partial charge >= 0.3 is 11.8 Å². The Labute approximate surface area is 136 Å². The van der Waals surface area contributed by atoms with Crippen molar-refractivity contribution in [3.05, 3.63) is 30.1 Å². The molecule has 4 aliphatic carbocycles. The SMILES string of the molecule is O=C(NCc1ccccn1)C(=O)NC12CC3CC(CC(C3)C1)C2. The number of nitrogens with zero attached hydrogens (tertiary/aromatic N) is 1. The van der Waals surface area contributed by atoms with E-state index in [0.29, 0.717) is 0 Å². The number of carbonyl (C=O) groups excluding carboxylic acids is 2. The van der Waals surface area contributed by atoms with Gasteiger partial charge < -0.3 is 10.6 Å². The van der Waals surface area contributed by atoms with Crippen LogP contribution in [-0.4, -0.2) is 22.3 Å². The van der Waals surface area contributed by atoms with Crippen LogP contribution in [0.5, 0.6) is 0 Å². The van der Waals surface area contributed by atoms with E-state index in [1.165, 1.54) is 19.3 Å². The zero-order valence-electron chi connectivity index (χ0n) is 13.3. The molecule has 0 aliphatic heterocycles. The van der Waals surface area contributed by atoms with E-state index in [2.05, 4.69) is 15.6 Å². The van der Waals surface area contributed by atoms with Crippen molar-refractivity contribution >= 4 is 11.8 Å². The van der Waals surface area contributed by atoms with Gasteiger partial charge in [0.25, 0.3) is 0 Å². The molecule has 4 aliphatic rings. The van der Waals surface area contributed by atoms with Gasteiger partial charge in [-0.05, 0) is 68.4 Å². The number of aromatic nitrogens is 1. The van der Waals surface area contributed by atoms with Crippen LogP contribution in [0.25, 0.3) is 0 Å². The second-order valence-electron chi connectivity index (χ2n) is 7.66. The molecule has 2 N–H and O–H groups in total. The summed E-state index contributed by atoms with van der Waals surface area (Å²) < 4.78 is 0. The molecule has 0 unspecified atom stereocenters. The molecule has 5 heteroatoms. The van der Waals surface area contributed by atoms with Gasteiger partial charge in [-0.3, -0.25) is 14.6 Å². The van der Waals surface area contributed by atoms with Crippen LogP contribution in [0.2, 0.25) is 0 Å². The fourth-order valence-electron chi connectivity index (χ4n) is 5.32. The number of pyridine rings is 1. The van der Waals surface area contributed by atoms with E-state index in [9.17, 15) is 9.59 Å². The van der Waals surface area contributed by atoms with E-state index in [1.54, 1.807) is 6.20 Å². The van der Waals surface area contributed by atoms with E-state index < -0.39 is 11.8 Å². The average molecular weight is 313 g/mol. The molecule has 1 aromatic heterocycles. The number of carbonyl (C=O) groups is 2. The van der Waals surface area contributed by atoms with Crippen molar-refractivity contribution in [3.63, 3.8) is 0 Å². The highest BCUT2D eigenvalue weighted by atomic mass is 16.2. The zero-order chi connectivity index (χ0) is 15.9. The van der Waals surface area contributed by atoms with E-state index in [1.807, 2.05) is 18.2 Å². The molecular weight excluding hydrogens is 290 g/mol. The Morgan fingerprint density at radius 3 is 2.26 bits per heavy atom. The standard InChI is InChI=1S/C18H23N3O2/c22-16(20-11-15-3-1-2-4-19-15)17(23)21-18-8-12-5-13(9-18)7-14(6-12)10-18/h1-4,12-14H,5-11H2,(H,20,22)(H,21,23). The van der Waals surface area contributed by atoms with E-state index >= 15 is 0 Å². The summed E-state index contributed by atoms with van der Waals surface area (Å²) in [5.41, 5.74) is 0.636. The van der Waals surface area contributed by atoms with Crippen LogP contribution >= 0.6 is 0 Å². The van der Waals surface area contributed by atoms with Crippen molar-refractivity contribution in [2.24, 2.45) is 17.8 Å². The third kappa shape index (κ3) is 2.96. The first kappa shape index (κ1) is 14.7. The maximum Gasteiger partial charge on any atom is 0.309 e. The Morgan fingerprint density at radius 1 is 1.04 bits per heavy atom. The van der Waals surface area contributed by atoms with Gasteiger partial charge in [0.05, 0.1) is 12.2 Å². The van der Waals surface area contributed by atoms with Crippen LogP contribution in [0.1, 0.15) is 44.2 Å². The first-order chi connectivity index (χ1) is 11.1. The summed E-state index contributed by atoms with van der Waals surface area (Å²) in [4.78, 5) is 28.5. The second-order valence-corrected chi connectivity index (χ2v) is 7.66. The first-order valence-corrected chi connectivity index (χ1v) is 8.62. The molecule has 2 amide bonds. The van der Waals surface area contributed by atoms with Crippen LogP contribution in [0.4, 0.5) is 0 Å². The fourth-order valence-corrected chi connectivity index (χ4v) is 5.32. The quantitative estimate of drug-likeness (QED) is 0.836. The monoisotopic (exact) mass is 313 g/mol. The van der Waals surface area contributed by atoms with Crippen molar-refractivity contribution in [1.82, 2.24) is 15.6 Å². The largest absolute Gasteiger partial charge is 0.342 e. The topological polar surface area (TPSA) is 71.1 Å². The number of hydrogen-bond acceptors (Lipinski definition) is 3. The van der Waals surface area contributed by atoms with Crippen molar-refractivity contribution in [2.45, 2.75) is 50.6 Å². The summed E-state index contributed by atoms with van der Waals surface area (Å²) in [5.74, 6) is 1.21. The molecule has 4 saturated carbocycles. The lowest BCUT2D eigenvalue weighted by Crippen LogP contribution is -2.61. The first-order valence-electron chi connectivity index (χ1n) is 8.62. The van der Waals surface area contributed by atoms with Gasteiger partial charge in [0, 0.05) is 11.7 Å². The average Bonchev–Trinajstić information content (AvgIpc) is 2.51. The third-order valence-corrected chi connectivity index (χ3v) is 5.78. The number of hydrogen-bond donors (Lipinski definition) is 2. The van der Waals surface area contributed by atoms with Gasteiger partial charge in [0.2, 0.25) is 0 Å². The molecule has 1 heterocycles. The van der Waals surface area contributed by atoms with E-state index in [0.717, 1.165) is 42.7 Å². The van der Waals surface area contributed by atoms with Crippen molar-refractivity contribution in [1.29, 1.82) is 0 Å². The molecular formula is C18H23N3O2. The third-order valence-electron chi connectivity index (χ3n) is 5.78. The zero-order valence-corrected chi connectivity index (χ0v) is 13.3. The molecule has 23 heavy (non-hydrogen) atoms. The summed E-state index contributed by atoms with van der Waals surface area (Å²) >= 11 is 0. The van der Waals surface area contributed by atoms with Crippen molar-refractivity contribution < 1.29 is 9.59 Å². The maximum atomic E-state index is 12.3. The molecule has 4 fully saturated rings. The molecule has 5 nitrogen and oxygen atoms in total. The molecule has 0 saturated heterocycles. The minimum absolute atomic E-state index is 0.117. The molecule has 0 atom stereocenters. The van der Waals surface area contributed by atoms with Crippen LogP contribution < -0.4 is 10.6 Å². The van der Waals surface area contributed by atoms with Crippen LogP contribution in [0.15, 0.2) is 24.4 Å². The molecule has 0 radical (unpaired) electrons. The maximum absolute atomic E-state index is 12.3. The lowest BCUT2D eigenvalue weighted by Gasteiger charge is -2.56. The summed E-state index contributed by atoms with van der Waals surface area (Å²) in [7, 11) is 0. The van der Waals surface area contributed by atoms with Gasteiger partial charge in [-0.1, -0.05) is 6.07 Å². The summed E-state index contributed by atoms with van der Waals surface area (Å²) in [6, 6.07) is 5.52. The fraction of sp³-hybridized carbons (Fsp3) is 0.611. The van der Waals surface area contributed by atoms with Gasteiger partial charge in [0.15, 0.2) is 0 Å². The van der Waals surface area contributed by atoms with E-state index in [4.69, 9.17) is 0 Å². The normalized spacial score (nSPS) is 34.2. The highest BCUT2D eigenvalue weighted by molar-refractivity contribution is 6.35. The molecule has 0 aromatic carbocycles. The van der Waals surface area contributed by atoms with Gasteiger partial charge in [-0.25, -0.2) is 0 Å². The Hall–Kier alpha value is -1.91. The Morgan fingerprint density at radius 2 is 1.70 bits per heavy atom. The Balaban J connectivity index is 1.35. The van der Waals surface area contributed by atoms with Crippen LogP contribution in [-0.2, 0) is 16.1 Å². The number of rotatable bonds is 3. The van der Waals surface area contributed by atoms with Gasteiger partial charge in [-0.15, -0.1) is 0 Å². The molecule has 5 rings (SSSR count). The van der Waals surface area contributed by atoms with Crippen LogP contribution in [0, 0.1) is 17.8 Å². The minimum atomic E-state index is -0.550. The van der Waals surface area contributed by atoms with Gasteiger partial charge in [-0.2, -0.15) is 0 Å². The second kappa shape index (κ2) is 5.62. The predicted molar refractivity (Wildman–Crippen MR) is 85.1 cm³/mol. The lowest BCUT2D eigenvalue weighted by molar-refractivity contribution is -0.142.